The van der Waals surface area contributed by atoms with Crippen molar-refractivity contribution in [3.8, 4) is 0 Å². The number of pyridine rings is 1. The van der Waals surface area contributed by atoms with Crippen LogP contribution in [0, 0.1) is 0 Å². The van der Waals surface area contributed by atoms with E-state index in [4.69, 9.17) is 15.2 Å². The fourth-order valence-electron chi connectivity index (χ4n) is 3.93. The summed E-state index contributed by atoms with van der Waals surface area (Å²) >= 11 is 0. The largest absolute Gasteiger partial charge is 0.397 e. The van der Waals surface area contributed by atoms with Gasteiger partial charge in [0.25, 0.3) is 0 Å². The van der Waals surface area contributed by atoms with Crippen LogP contribution in [0.2, 0.25) is 0 Å². The lowest BCUT2D eigenvalue weighted by Crippen LogP contribution is -2.30. The SMILES string of the molecule is Nc1cncc(C(=O)c2cn(C3(COC4CCCCO4)CC3)c3ncncc23)c1. The van der Waals surface area contributed by atoms with Crippen molar-refractivity contribution in [2.75, 3.05) is 18.9 Å². The molecule has 5 rings (SSSR count). The highest BCUT2D eigenvalue weighted by molar-refractivity contribution is 6.16. The van der Waals surface area contributed by atoms with Crippen molar-refractivity contribution in [3.63, 3.8) is 0 Å². The van der Waals surface area contributed by atoms with E-state index < -0.39 is 0 Å². The fraction of sp³-hybridized carbons (Fsp3) is 0.429. The molecule has 8 nitrogen and oxygen atoms in total. The van der Waals surface area contributed by atoms with Gasteiger partial charge in [-0.25, -0.2) is 9.97 Å². The van der Waals surface area contributed by atoms with Gasteiger partial charge in [-0.3, -0.25) is 9.78 Å². The lowest BCUT2D eigenvalue weighted by molar-refractivity contribution is -0.169. The molecule has 1 saturated carbocycles. The molecule has 1 unspecified atom stereocenters. The first kappa shape index (κ1) is 18.2. The molecule has 0 spiro atoms. The van der Waals surface area contributed by atoms with Crippen LogP contribution < -0.4 is 5.73 Å². The van der Waals surface area contributed by atoms with Gasteiger partial charge >= 0.3 is 0 Å². The Morgan fingerprint density at radius 2 is 2.17 bits per heavy atom. The zero-order chi connectivity index (χ0) is 19.8. The number of nitrogen functional groups attached to an aromatic ring is 1. The van der Waals surface area contributed by atoms with E-state index in [1.54, 1.807) is 12.3 Å². The van der Waals surface area contributed by atoms with Gasteiger partial charge in [0.05, 0.1) is 23.4 Å². The molecule has 1 saturated heterocycles. The zero-order valence-corrected chi connectivity index (χ0v) is 16.1. The Morgan fingerprint density at radius 3 is 2.93 bits per heavy atom. The second-order valence-electron chi connectivity index (χ2n) is 7.84. The number of ketones is 1. The fourth-order valence-corrected chi connectivity index (χ4v) is 3.93. The summed E-state index contributed by atoms with van der Waals surface area (Å²) < 4.78 is 13.9. The van der Waals surface area contributed by atoms with E-state index in [0.717, 1.165) is 49.7 Å². The van der Waals surface area contributed by atoms with Crippen LogP contribution in [0.25, 0.3) is 11.0 Å². The molecular weight excluding hydrogens is 370 g/mol. The zero-order valence-electron chi connectivity index (χ0n) is 16.1. The van der Waals surface area contributed by atoms with Crippen molar-refractivity contribution >= 4 is 22.5 Å². The summed E-state index contributed by atoms with van der Waals surface area (Å²) in [4.78, 5) is 25.8. The number of carbonyl (C=O) groups is 1. The topological polar surface area (TPSA) is 105 Å². The lowest BCUT2D eigenvalue weighted by atomic mass is 10.1. The van der Waals surface area contributed by atoms with Crippen molar-refractivity contribution < 1.29 is 14.3 Å². The molecule has 1 aliphatic heterocycles. The Hall–Kier alpha value is -2.84. The van der Waals surface area contributed by atoms with Crippen LogP contribution in [0.5, 0.6) is 0 Å². The standard InChI is InChI=1S/C21H23N5O3/c22-15-7-14(8-23-9-15)19(27)17-11-26(20-16(17)10-24-13-25-20)21(4-5-21)12-29-18-3-1-2-6-28-18/h7-11,13,18H,1-6,12,22H2. The van der Waals surface area contributed by atoms with Crippen molar-refractivity contribution in [1.29, 1.82) is 0 Å². The molecule has 29 heavy (non-hydrogen) atoms. The number of nitrogens with zero attached hydrogens (tertiary/aromatic N) is 4. The van der Waals surface area contributed by atoms with E-state index in [1.165, 1.54) is 18.7 Å². The molecule has 1 aliphatic carbocycles. The van der Waals surface area contributed by atoms with E-state index in [9.17, 15) is 4.79 Å². The summed E-state index contributed by atoms with van der Waals surface area (Å²) in [6.45, 7) is 1.29. The normalized spacial score (nSPS) is 20.6. The molecule has 4 heterocycles. The monoisotopic (exact) mass is 393 g/mol. The summed E-state index contributed by atoms with van der Waals surface area (Å²) in [5.41, 5.74) is 7.81. The lowest BCUT2D eigenvalue weighted by Gasteiger charge is -2.26. The first-order valence-corrected chi connectivity index (χ1v) is 9.96. The van der Waals surface area contributed by atoms with E-state index in [-0.39, 0.29) is 17.6 Å². The number of ether oxygens (including phenoxy) is 2. The first-order chi connectivity index (χ1) is 14.2. The molecule has 150 valence electrons. The number of nitrogens with two attached hydrogens (primary N) is 1. The van der Waals surface area contributed by atoms with E-state index >= 15 is 0 Å². The summed E-state index contributed by atoms with van der Waals surface area (Å²) in [6, 6.07) is 1.64. The third kappa shape index (κ3) is 3.38. The molecular formula is C21H23N5O3. The van der Waals surface area contributed by atoms with E-state index in [0.29, 0.717) is 23.4 Å². The maximum absolute atomic E-state index is 13.2. The minimum Gasteiger partial charge on any atom is -0.397 e. The Kier molecular flexibility index (Phi) is 4.52. The van der Waals surface area contributed by atoms with Crippen LogP contribution in [0.4, 0.5) is 5.69 Å². The van der Waals surface area contributed by atoms with Crippen molar-refractivity contribution in [3.05, 3.63) is 48.3 Å². The summed E-state index contributed by atoms with van der Waals surface area (Å²) in [5, 5.41) is 0.722. The number of hydrogen-bond donors (Lipinski definition) is 1. The predicted molar refractivity (Wildman–Crippen MR) is 106 cm³/mol. The van der Waals surface area contributed by atoms with Crippen LogP contribution in [0.15, 0.2) is 37.2 Å². The maximum Gasteiger partial charge on any atom is 0.196 e. The van der Waals surface area contributed by atoms with Crippen LogP contribution in [0.1, 0.15) is 48.0 Å². The molecule has 2 N–H and O–H groups in total. The highest BCUT2D eigenvalue weighted by Gasteiger charge is 2.47. The molecule has 2 aliphatic rings. The third-order valence-electron chi connectivity index (χ3n) is 5.75. The Labute approximate surface area is 168 Å². The number of anilines is 1. The third-order valence-corrected chi connectivity index (χ3v) is 5.75. The Balaban J connectivity index is 1.48. The summed E-state index contributed by atoms with van der Waals surface area (Å²) in [6.07, 6.45) is 13.1. The number of carbonyl (C=O) groups excluding carboxylic acids is 1. The maximum atomic E-state index is 13.2. The van der Waals surface area contributed by atoms with Crippen molar-refractivity contribution in [2.45, 2.75) is 43.9 Å². The van der Waals surface area contributed by atoms with Gasteiger partial charge in [0.15, 0.2) is 12.1 Å². The highest BCUT2D eigenvalue weighted by atomic mass is 16.7. The quantitative estimate of drug-likeness (QED) is 0.642. The minimum absolute atomic E-state index is 0.142. The second kappa shape index (κ2) is 7.20. The Bertz CT molecular complexity index is 1050. The highest BCUT2D eigenvalue weighted by Crippen LogP contribution is 2.46. The number of aromatic nitrogens is 4. The molecule has 3 aromatic rings. The van der Waals surface area contributed by atoms with Crippen molar-refractivity contribution in [1.82, 2.24) is 19.5 Å². The van der Waals surface area contributed by atoms with Gasteiger partial charge in [-0.2, -0.15) is 0 Å². The molecule has 0 bridgehead atoms. The van der Waals surface area contributed by atoms with Gasteiger partial charge < -0.3 is 19.8 Å². The molecule has 0 radical (unpaired) electrons. The van der Waals surface area contributed by atoms with E-state index in [2.05, 4.69) is 19.5 Å². The van der Waals surface area contributed by atoms with Crippen LogP contribution >= 0.6 is 0 Å². The molecule has 0 amide bonds. The molecule has 2 fully saturated rings. The molecule has 0 aromatic carbocycles. The predicted octanol–water partition coefficient (Wildman–Crippen LogP) is 2.67. The van der Waals surface area contributed by atoms with E-state index in [1.807, 2.05) is 6.20 Å². The van der Waals surface area contributed by atoms with Gasteiger partial charge in [0, 0.05) is 42.3 Å². The van der Waals surface area contributed by atoms with Gasteiger partial charge in [-0.1, -0.05) is 0 Å². The van der Waals surface area contributed by atoms with Gasteiger partial charge in [-0.15, -0.1) is 0 Å². The minimum atomic E-state index is -0.195. The van der Waals surface area contributed by atoms with Crippen LogP contribution in [-0.2, 0) is 15.0 Å². The van der Waals surface area contributed by atoms with Crippen LogP contribution in [-0.4, -0.2) is 44.8 Å². The molecule has 8 heteroatoms. The molecule has 1 atom stereocenters. The van der Waals surface area contributed by atoms with Gasteiger partial charge in [0.2, 0.25) is 0 Å². The number of hydrogen-bond acceptors (Lipinski definition) is 7. The molecule has 3 aromatic heterocycles. The van der Waals surface area contributed by atoms with Gasteiger partial charge in [-0.05, 0) is 38.2 Å². The average molecular weight is 393 g/mol. The average Bonchev–Trinajstić information content (AvgIpc) is 3.45. The van der Waals surface area contributed by atoms with Crippen LogP contribution in [0.3, 0.4) is 0 Å². The smallest absolute Gasteiger partial charge is 0.196 e. The van der Waals surface area contributed by atoms with Crippen molar-refractivity contribution in [2.24, 2.45) is 0 Å². The first-order valence-electron chi connectivity index (χ1n) is 9.96. The second-order valence-corrected chi connectivity index (χ2v) is 7.84. The summed E-state index contributed by atoms with van der Waals surface area (Å²) in [5.74, 6) is -0.143. The Morgan fingerprint density at radius 1 is 1.28 bits per heavy atom. The number of fused-ring (bicyclic) bond motifs is 1. The summed E-state index contributed by atoms with van der Waals surface area (Å²) in [7, 11) is 0. The van der Waals surface area contributed by atoms with Gasteiger partial charge in [0.1, 0.15) is 12.0 Å². The number of rotatable bonds is 6.